The number of thiazole rings is 1. The average Bonchev–Trinajstić information content (AvgIpc) is 3.22. The number of nitrogens with one attached hydrogen (secondary N) is 1. The van der Waals surface area contributed by atoms with Crippen LogP contribution in [0.3, 0.4) is 0 Å². The summed E-state index contributed by atoms with van der Waals surface area (Å²) in [7, 11) is 0. The number of nitrogens with zero attached hydrogens (tertiary/aromatic N) is 4. The molecule has 4 rings (SSSR count). The van der Waals surface area contributed by atoms with Crippen LogP contribution in [0, 0.1) is 5.82 Å². The Kier molecular flexibility index (Phi) is 3.47. The van der Waals surface area contributed by atoms with Gasteiger partial charge in [0.1, 0.15) is 16.2 Å². The Morgan fingerprint density at radius 1 is 1.13 bits per heavy atom. The van der Waals surface area contributed by atoms with Crippen LogP contribution in [0.15, 0.2) is 55.0 Å². The lowest BCUT2D eigenvalue weighted by molar-refractivity contribution is 0.609. The maximum Gasteiger partial charge on any atom is 0.185 e. The van der Waals surface area contributed by atoms with Crippen LogP contribution in [0.5, 0.6) is 0 Å². The minimum atomic E-state index is -0.273. The van der Waals surface area contributed by atoms with E-state index in [2.05, 4.69) is 20.4 Å². The summed E-state index contributed by atoms with van der Waals surface area (Å²) >= 11 is 1.45. The van der Waals surface area contributed by atoms with Crippen molar-refractivity contribution in [2.24, 2.45) is 0 Å². The molecule has 0 spiro atoms. The fourth-order valence-electron chi connectivity index (χ4n) is 2.36. The SMILES string of the molecule is Fc1cccc(-n2cccn2)c1CNc1nc2cccnc2s1. The Labute approximate surface area is 135 Å². The number of hydrogen-bond donors (Lipinski definition) is 1. The Bertz CT molecular complexity index is 915. The molecule has 114 valence electrons. The third kappa shape index (κ3) is 2.66. The third-order valence-electron chi connectivity index (χ3n) is 3.43. The average molecular weight is 325 g/mol. The second kappa shape index (κ2) is 5.77. The van der Waals surface area contributed by atoms with Gasteiger partial charge >= 0.3 is 0 Å². The molecule has 7 heteroatoms. The summed E-state index contributed by atoms with van der Waals surface area (Å²) in [4.78, 5) is 9.57. The van der Waals surface area contributed by atoms with Crippen molar-refractivity contribution in [2.45, 2.75) is 6.54 Å². The lowest BCUT2D eigenvalue weighted by Gasteiger charge is -2.11. The number of pyridine rings is 1. The second-order valence-electron chi connectivity index (χ2n) is 4.89. The monoisotopic (exact) mass is 325 g/mol. The lowest BCUT2D eigenvalue weighted by atomic mass is 10.1. The lowest BCUT2D eigenvalue weighted by Crippen LogP contribution is -2.07. The van der Waals surface area contributed by atoms with Crippen LogP contribution in [0.4, 0.5) is 9.52 Å². The molecule has 23 heavy (non-hydrogen) atoms. The Morgan fingerprint density at radius 2 is 2.09 bits per heavy atom. The molecule has 1 N–H and O–H groups in total. The van der Waals surface area contributed by atoms with Gasteiger partial charge in [0.05, 0.1) is 5.69 Å². The zero-order valence-corrected chi connectivity index (χ0v) is 12.8. The molecule has 5 nitrogen and oxygen atoms in total. The molecule has 3 aromatic heterocycles. The van der Waals surface area contributed by atoms with E-state index in [9.17, 15) is 4.39 Å². The topological polar surface area (TPSA) is 55.6 Å². The highest BCUT2D eigenvalue weighted by atomic mass is 32.1. The number of hydrogen-bond acceptors (Lipinski definition) is 5. The summed E-state index contributed by atoms with van der Waals surface area (Å²) in [5, 5.41) is 8.07. The molecule has 0 unspecified atom stereocenters. The Morgan fingerprint density at radius 3 is 2.91 bits per heavy atom. The molecule has 3 heterocycles. The summed E-state index contributed by atoms with van der Waals surface area (Å²) < 4.78 is 15.9. The van der Waals surface area contributed by atoms with Gasteiger partial charge in [0.25, 0.3) is 0 Å². The van der Waals surface area contributed by atoms with Crippen molar-refractivity contribution in [1.82, 2.24) is 19.7 Å². The second-order valence-corrected chi connectivity index (χ2v) is 5.87. The molecule has 0 amide bonds. The van der Waals surface area contributed by atoms with Crippen molar-refractivity contribution >= 4 is 26.8 Å². The van der Waals surface area contributed by atoms with E-state index in [1.807, 2.05) is 18.2 Å². The van der Waals surface area contributed by atoms with Crippen molar-refractivity contribution in [2.75, 3.05) is 5.32 Å². The summed E-state index contributed by atoms with van der Waals surface area (Å²) in [6.07, 6.45) is 5.19. The van der Waals surface area contributed by atoms with Gasteiger partial charge in [-0.05, 0) is 30.3 Å². The van der Waals surface area contributed by atoms with Gasteiger partial charge in [-0.25, -0.2) is 19.0 Å². The first kappa shape index (κ1) is 13.8. The normalized spacial score (nSPS) is 11.0. The van der Waals surface area contributed by atoms with Crippen LogP contribution in [0.2, 0.25) is 0 Å². The fourth-order valence-corrected chi connectivity index (χ4v) is 3.16. The van der Waals surface area contributed by atoms with Gasteiger partial charge in [-0.15, -0.1) is 0 Å². The highest BCUT2D eigenvalue weighted by molar-refractivity contribution is 7.21. The van der Waals surface area contributed by atoms with Crippen LogP contribution in [-0.2, 0) is 6.54 Å². The van der Waals surface area contributed by atoms with Gasteiger partial charge in [0.15, 0.2) is 5.13 Å². The minimum absolute atomic E-state index is 0.273. The molecule has 0 saturated heterocycles. The molecule has 0 aliphatic rings. The molecular weight excluding hydrogens is 313 g/mol. The molecule has 0 bridgehead atoms. The van der Waals surface area contributed by atoms with Crippen LogP contribution < -0.4 is 5.32 Å². The van der Waals surface area contributed by atoms with Crippen LogP contribution in [-0.4, -0.2) is 19.7 Å². The maximum atomic E-state index is 14.2. The van der Waals surface area contributed by atoms with Gasteiger partial charge in [-0.3, -0.25) is 0 Å². The van der Waals surface area contributed by atoms with Gasteiger partial charge < -0.3 is 5.32 Å². The van der Waals surface area contributed by atoms with Crippen LogP contribution in [0.25, 0.3) is 16.0 Å². The standard InChI is InChI=1S/C16H12FN5S/c17-12-4-1-6-14(22-9-3-8-20-22)11(12)10-19-16-21-13-5-2-7-18-15(13)23-16/h1-9H,10H2,(H,19,21). The highest BCUT2D eigenvalue weighted by Crippen LogP contribution is 2.25. The third-order valence-corrected chi connectivity index (χ3v) is 4.37. The number of aromatic nitrogens is 4. The zero-order chi connectivity index (χ0) is 15.6. The fraction of sp³-hybridized carbons (Fsp3) is 0.0625. The summed E-state index contributed by atoms with van der Waals surface area (Å²) in [5.74, 6) is -0.273. The maximum absolute atomic E-state index is 14.2. The quantitative estimate of drug-likeness (QED) is 0.622. The number of rotatable bonds is 4. The minimum Gasteiger partial charge on any atom is -0.357 e. The molecule has 1 aromatic carbocycles. The van der Waals surface area contributed by atoms with Crippen molar-refractivity contribution in [1.29, 1.82) is 0 Å². The molecule has 0 aliphatic carbocycles. The number of halogens is 1. The Hall–Kier alpha value is -2.80. The van der Waals surface area contributed by atoms with Gasteiger partial charge in [0, 0.05) is 30.7 Å². The van der Waals surface area contributed by atoms with Crippen LogP contribution >= 0.6 is 11.3 Å². The van der Waals surface area contributed by atoms with E-state index < -0.39 is 0 Å². The number of anilines is 1. The van der Waals surface area contributed by atoms with Gasteiger partial charge in [0.2, 0.25) is 0 Å². The number of benzene rings is 1. The first-order valence-corrected chi connectivity index (χ1v) is 7.86. The van der Waals surface area contributed by atoms with Crippen molar-refractivity contribution in [3.05, 3.63) is 66.4 Å². The smallest absolute Gasteiger partial charge is 0.185 e. The van der Waals surface area contributed by atoms with Crippen molar-refractivity contribution in [3.63, 3.8) is 0 Å². The molecule has 0 fully saturated rings. The summed E-state index contributed by atoms with van der Waals surface area (Å²) in [6.45, 7) is 0.321. The molecule has 4 aromatic rings. The van der Waals surface area contributed by atoms with E-state index in [-0.39, 0.29) is 5.82 Å². The molecule has 0 saturated carbocycles. The highest BCUT2D eigenvalue weighted by Gasteiger charge is 2.11. The molecule has 0 atom stereocenters. The first-order chi connectivity index (χ1) is 11.3. The van der Waals surface area contributed by atoms with E-state index >= 15 is 0 Å². The van der Waals surface area contributed by atoms with Crippen molar-refractivity contribution < 1.29 is 4.39 Å². The largest absolute Gasteiger partial charge is 0.357 e. The van der Waals surface area contributed by atoms with E-state index in [0.29, 0.717) is 22.9 Å². The zero-order valence-electron chi connectivity index (χ0n) is 12.0. The van der Waals surface area contributed by atoms with E-state index in [1.165, 1.54) is 17.4 Å². The predicted molar refractivity (Wildman–Crippen MR) is 88.3 cm³/mol. The van der Waals surface area contributed by atoms with Gasteiger partial charge in [-0.2, -0.15) is 5.10 Å². The van der Waals surface area contributed by atoms with E-state index in [4.69, 9.17) is 0 Å². The number of fused-ring (bicyclic) bond motifs is 1. The first-order valence-electron chi connectivity index (χ1n) is 7.04. The Balaban J connectivity index is 1.64. The predicted octanol–water partition coefficient (Wildman–Crippen LogP) is 3.63. The van der Waals surface area contributed by atoms with Crippen molar-refractivity contribution in [3.8, 4) is 5.69 Å². The summed E-state index contributed by atoms with van der Waals surface area (Å²) in [5.41, 5.74) is 2.09. The van der Waals surface area contributed by atoms with E-state index in [0.717, 1.165) is 10.3 Å². The van der Waals surface area contributed by atoms with Gasteiger partial charge in [-0.1, -0.05) is 17.4 Å². The molecular formula is C16H12FN5S. The molecule has 0 radical (unpaired) electrons. The van der Waals surface area contributed by atoms with E-state index in [1.54, 1.807) is 35.4 Å². The molecule has 0 aliphatic heterocycles. The summed E-state index contributed by atoms with van der Waals surface area (Å²) in [6, 6.07) is 10.5. The van der Waals surface area contributed by atoms with Crippen LogP contribution in [0.1, 0.15) is 5.56 Å².